The lowest BCUT2D eigenvalue weighted by Gasteiger charge is -2.10. The molecule has 116 valence electrons. The Morgan fingerprint density at radius 3 is 2.78 bits per heavy atom. The van der Waals surface area contributed by atoms with E-state index in [0.717, 1.165) is 28.4 Å². The van der Waals surface area contributed by atoms with Gasteiger partial charge in [-0.15, -0.1) is 0 Å². The Kier molecular flexibility index (Phi) is 4.17. The predicted molar refractivity (Wildman–Crippen MR) is 92.1 cm³/mol. The minimum absolute atomic E-state index is 0.135. The van der Waals surface area contributed by atoms with Crippen LogP contribution in [0.25, 0.3) is 10.9 Å². The number of anilines is 1. The molecule has 4 nitrogen and oxygen atoms in total. The first-order chi connectivity index (χ1) is 11.1. The van der Waals surface area contributed by atoms with Gasteiger partial charge in [-0.2, -0.15) is 0 Å². The lowest BCUT2D eigenvalue weighted by molar-refractivity contribution is -0.116. The van der Waals surface area contributed by atoms with E-state index in [4.69, 9.17) is 11.6 Å². The molecule has 0 radical (unpaired) electrons. The molecule has 0 aliphatic heterocycles. The first-order valence-electron chi connectivity index (χ1n) is 7.17. The molecule has 1 amide bonds. The number of para-hydroxylation sites is 1. The second-order valence-corrected chi connectivity index (χ2v) is 5.79. The van der Waals surface area contributed by atoms with Gasteiger partial charge in [0.05, 0.1) is 0 Å². The normalized spacial score (nSPS) is 10.7. The summed E-state index contributed by atoms with van der Waals surface area (Å²) in [6, 6.07) is 12.8. The van der Waals surface area contributed by atoms with Crippen molar-refractivity contribution < 1.29 is 9.59 Å². The van der Waals surface area contributed by atoms with E-state index in [1.165, 1.54) is 0 Å². The van der Waals surface area contributed by atoms with E-state index in [0.29, 0.717) is 10.6 Å². The van der Waals surface area contributed by atoms with Gasteiger partial charge in [-0.05, 0) is 36.8 Å². The van der Waals surface area contributed by atoms with Crippen molar-refractivity contribution in [2.24, 2.45) is 0 Å². The first kappa shape index (κ1) is 15.3. The van der Waals surface area contributed by atoms with Crippen molar-refractivity contribution in [3.05, 3.63) is 64.8 Å². The lowest BCUT2D eigenvalue weighted by atomic mass is 10.2. The molecule has 0 saturated heterocycles. The maximum absolute atomic E-state index is 12.3. The van der Waals surface area contributed by atoms with Crippen LogP contribution in [0.3, 0.4) is 0 Å². The van der Waals surface area contributed by atoms with Crippen LogP contribution in [0, 0.1) is 6.92 Å². The maximum atomic E-state index is 12.3. The molecule has 3 aromatic rings. The Hall–Kier alpha value is -2.59. The highest BCUT2D eigenvalue weighted by molar-refractivity contribution is 6.30. The average Bonchev–Trinajstić information content (AvgIpc) is 2.88. The van der Waals surface area contributed by atoms with Crippen LogP contribution in [0.5, 0.6) is 0 Å². The van der Waals surface area contributed by atoms with Crippen LogP contribution in [-0.2, 0) is 11.3 Å². The van der Waals surface area contributed by atoms with Gasteiger partial charge in [0.25, 0.3) is 0 Å². The summed E-state index contributed by atoms with van der Waals surface area (Å²) in [4.78, 5) is 23.5. The van der Waals surface area contributed by atoms with E-state index in [1.807, 2.05) is 31.2 Å². The van der Waals surface area contributed by atoms with Gasteiger partial charge in [0.1, 0.15) is 6.54 Å². The zero-order valence-electron chi connectivity index (χ0n) is 12.5. The number of hydrogen-bond donors (Lipinski definition) is 1. The van der Waals surface area contributed by atoms with Crippen molar-refractivity contribution in [3.8, 4) is 0 Å². The number of carbonyl (C=O) groups is 2. The SMILES string of the molecule is Cc1cc(Cl)ccc1NC(=O)Cn1cc(C=O)c2ccccc21. The summed E-state index contributed by atoms with van der Waals surface area (Å²) in [5.41, 5.74) is 3.07. The van der Waals surface area contributed by atoms with E-state index in [9.17, 15) is 9.59 Å². The first-order valence-corrected chi connectivity index (χ1v) is 7.55. The maximum Gasteiger partial charge on any atom is 0.244 e. The molecule has 0 unspecified atom stereocenters. The number of hydrogen-bond acceptors (Lipinski definition) is 2. The van der Waals surface area contributed by atoms with Crippen molar-refractivity contribution in [1.82, 2.24) is 4.57 Å². The van der Waals surface area contributed by atoms with Crippen LogP contribution >= 0.6 is 11.6 Å². The molecular weight excluding hydrogens is 312 g/mol. The molecule has 0 saturated carbocycles. The number of carbonyl (C=O) groups excluding carboxylic acids is 2. The standard InChI is InChI=1S/C18H15ClN2O2/c1-12-8-14(19)6-7-16(12)20-18(23)10-21-9-13(11-22)15-4-2-3-5-17(15)21/h2-9,11H,10H2,1H3,(H,20,23). The summed E-state index contributed by atoms with van der Waals surface area (Å²) >= 11 is 5.92. The van der Waals surface area contributed by atoms with Gasteiger partial charge in [0.2, 0.25) is 5.91 Å². The summed E-state index contributed by atoms with van der Waals surface area (Å²) in [6.45, 7) is 2.02. The largest absolute Gasteiger partial charge is 0.337 e. The molecule has 2 aromatic carbocycles. The lowest BCUT2D eigenvalue weighted by Crippen LogP contribution is -2.18. The number of rotatable bonds is 4. The molecule has 0 atom stereocenters. The Bertz CT molecular complexity index is 899. The molecule has 0 aliphatic rings. The second kappa shape index (κ2) is 6.26. The number of nitrogens with zero attached hydrogens (tertiary/aromatic N) is 1. The third-order valence-electron chi connectivity index (χ3n) is 3.72. The van der Waals surface area contributed by atoms with E-state index in [1.54, 1.807) is 29.0 Å². The van der Waals surface area contributed by atoms with Crippen molar-refractivity contribution in [2.45, 2.75) is 13.5 Å². The van der Waals surface area contributed by atoms with Crippen LogP contribution in [0.4, 0.5) is 5.69 Å². The highest BCUT2D eigenvalue weighted by Gasteiger charge is 2.11. The van der Waals surface area contributed by atoms with Crippen LogP contribution in [0.1, 0.15) is 15.9 Å². The zero-order valence-corrected chi connectivity index (χ0v) is 13.3. The van der Waals surface area contributed by atoms with E-state index >= 15 is 0 Å². The summed E-state index contributed by atoms with van der Waals surface area (Å²) in [5.74, 6) is -0.159. The molecule has 1 aromatic heterocycles. The van der Waals surface area contributed by atoms with Crippen molar-refractivity contribution in [1.29, 1.82) is 0 Å². The molecule has 1 heterocycles. The summed E-state index contributed by atoms with van der Waals surface area (Å²) in [6.07, 6.45) is 2.51. The van der Waals surface area contributed by atoms with Gasteiger partial charge in [0.15, 0.2) is 6.29 Å². The van der Waals surface area contributed by atoms with Crippen LogP contribution in [-0.4, -0.2) is 16.8 Å². The molecule has 0 aliphatic carbocycles. The third-order valence-corrected chi connectivity index (χ3v) is 3.96. The number of aryl methyl sites for hydroxylation is 1. The highest BCUT2D eigenvalue weighted by Crippen LogP contribution is 2.21. The van der Waals surface area contributed by atoms with Gasteiger partial charge in [-0.1, -0.05) is 29.8 Å². The fourth-order valence-electron chi connectivity index (χ4n) is 2.61. The van der Waals surface area contributed by atoms with Gasteiger partial charge in [-0.3, -0.25) is 9.59 Å². The topological polar surface area (TPSA) is 51.1 Å². The highest BCUT2D eigenvalue weighted by atomic mass is 35.5. The molecular formula is C18H15ClN2O2. The van der Waals surface area contributed by atoms with Crippen molar-refractivity contribution in [3.63, 3.8) is 0 Å². The monoisotopic (exact) mass is 326 g/mol. The molecule has 0 spiro atoms. The molecule has 0 fully saturated rings. The third kappa shape index (κ3) is 3.12. The van der Waals surface area contributed by atoms with Gasteiger partial charge < -0.3 is 9.88 Å². The number of aldehydes is 1. The summed E-state index contributed by atoms with van der Waals surface area (Å²) in [7, 11) is 0. The Labute approximate surface area is 138 Å². The summed E-state index contributed by atoms with van der Waals surface area (Å²) < 4.78 is 1.78. The van der Waals surface area contributed by atoms with E-state index in [2.05, 4.69) is 5.32 Å². The number of halogens is 1. The quantitative estimate of drug-likeness (QED) is 0.735. The minimum atomic E-state index is -0.159. The Morgan fingerprint density at radius 1 is 1.26 bits per heavy atom. The zero-order chi connectivity index (χ0) is 16.4. The smallest absolute Gasteiger partial charge is 0.244 e. The van der Waals surface area contributed by atoms with Gasteiger partial charge in [0, 0.05) is 33.4 Å². The number of fused-ring (bicyclic) bond motifs is 1. The molecule has 3 rings (SSSR count). The van der Waals surface area contributed by atoms with Crippen molar-refractivity contribution >= 4 is 40.4 Å². The molecule has 5 heteroatoms. The number of nitrogens with one attached hydrogen (secondary N) is 1. The Morgan fingerprint density at radius 2 is 2.04 bits per heavy atom. The predicted octanol–water partition coefficient (Wildman–Crippen LogP) is 4.05. The fraction of sp³-hybridized carbons (Fsp3) is 0.111. The van der Waals surface area contributed by atoms with Crippen LogP contribution in [0.2, 0.25) is 5.02 Å². The van der Waals surface area contributed by atoms with E-state index < -0.39 is 0 Å². The second-order valence-electron chi connectivity index (χ2n) is 5.35. The number of benzene rings is 2. The van der Waals surface area contributed by atoms with Gasteiger partial charge >= 0.3 is 0 Å². The van der Waals surface area contributed by atoms with E-state index in [-0.39, 0.29) is 12.5 Å². The fourth-order valence-corrected chi connectivity index (χ4v) is 2.84. The van der Waals surface area contributed by atoms with Gasteiger partial charge in [-0.25, -0.2) is 0 Å². The molecule has 23 heavy (non-hydrogen) atoms. The average molecular weight is 327 g/mol. The van der Waals surface area contributed by atoms with Crippen LogP contribution in [0.15, 0.2) is 48.7 Å². The summed E-state index contributed by atoms with van der Waals surface area (Å²) in [5, 5.41) is 4.35. The number of amides is 1. The Balaban J connectivity index is 1.84. The van der Waals surface area contributed by atoms with Crippen LogP contribution < -0.4 is 5.32 Å². The molecule has 1 N–H and O–H groups in total. The van der Waals surface area contributed by atoms with Crippen molar-refractivity contribution in [2.75, 3.05) is 5.32 Å². The molecule has 0 bridgehead atoms. The number of aromatic nitrogens is 1. The minimum Gasteiger partial charge on any atom is -0.337 e.